The van der Waals surface area contributed by atoms with Crippen molar-refractivity contribution in [3.63, 3.8) is 0 Å². The highest BCUT2D eigenvalue weighted by Crippen LogP contribution is 2.18. The first-order valence-corrected chi connectivity index (χ1v) is 6.03. The Kier molecular flexibility index (Phi) is 3.27. The first kappa shape index (κ1) is 11.2. The van der Waals surface area contributed by atoms with Crippen LogP contribution in [0.1, 0.15) is 56.1 Å². The van der Waals surface area contributed by atoms with Crippen LogP contribution in [0.15, 0.2) is 12.3 Å². The molecule has 1 heterocycles. The Morgan fingerprint density at radius 2 is 2.19 bits per heavy atom. The quantitative estimate of drug-likeness (QED) is 0.850. The van der Waals surface area contributed by atoms with E-state index in [2.05, 4.69) is 10.4 Å². The maximum Gasteiger partial charge on any atom is 0.271 e. The molecular formula is C12H19N3O. The number of aromatic nitrogens is 2. The SMILES string of the molecule is CC(C)n1ccc(C(=O)NC2CCCC2)n1. The summed E-state index contributed by atoms with van der Waals surface area (Å²) in [6.07, 6.45) is 6.53. The predicted octanol–water partition coefficient (Wildman–Crippen LogP) is 2.14. The van der Waals surface area contributed by atoms with E-state index in [1.807, 2.05) is 24.7 Å². The summed E-state index contributed by atoms with van der Waals surface area (Å²) in [5.41, 5.74) is 0.528. The molecule has 4 heteroatoms. The highest BCUT2D eigenvalue weighted by Gasteiger charge is 2.19. The fourth-order valence-electron chi connectivity index (χ4n) is 2.08. The average molecular weight is 221 g/mol. The Bertz CT molecular complexity index is 364. The van der Waals surface area contributed by atoms with Crippen molar-refractivity contribution >= 4 is 5.91 Å². The van der Waals surface area contributed by atoms with E-state index in [0.717, 1.165) is 12.8 Å². The Hall–Kier alpha value is -1.32. The zero-order valence-corrected chi connectivity index (χ0v) is 9.94. The third-order valence-electron chi connectivity index (χ3n) is 3.06. The highest BCUT2D eigenvalue weighted by molar-refractivity contribution is 5.92. The number of carbonyl (C=O) groups is 1. The molecule has 2 rings (SSSR count). The third kappa shape index (κ3) is 2.43. The molecule has 1 saturated carbocycles. The van der Waals surface area contributed by atoms with Crippen molar-refractivity contribution < 1.29 is 4.79 Å². The van der Waals surface area contributed by atoms with Crippen LogP contribution in [0.4, 0.5) is 0 Å². The lowest BCUT2D eigenvalue weighted by atomic mass is 10.2. The molecule has 0 saturated heterocycles. The van der Waals surface area contributed by atoms with E-state index in [-0.39, 0.29) is 5.91 Å². The molecule has 0 radical (unpaired) electrons. The Balaban J connectivity index is 1.97. The van der Waals surface area contributed by atoms with Crippen LogP contribution < -0.4 is 5.32 Å². The van der Waals surface area contributed by atoms with Gasteiger partial charge < -0.3 is 5.32 Å². The van der Waals surface area contributed by atoms with E-state index in [0.29, 0.717) is 17.8 Å². The van der Waals surface area contributed by atoms with Gasteiger partial charge in [-0.1, -0.05) is 12.8 Å². The second kappa shape index (κ2) is 4.68. The van der Waals surface area contributed by atoms with Crippen molar-refractivity contribution in [2.45, 2.75) is 51.6 Å². The molecule has 0 spiro atoms. The van der Waals surface area contributed by atoms with Crippen LogP contribution in [0.25, 0.3) is 0 Å². The standard InChI is InChI=1S/C12H19N3O/c1-9(2)15-8-7-11(14-15)12(16)13-10-5-3-4-6-10/h7-10H,3-6H2,1-2H3,(H,13,16). The van der Waals surface area contributed by atoms with E-state index >= 15 is 0 Å². The van der Waals surface area contributed by atoms with Gasteiger partial charge in [-0.05, 0) is 32.8 Å². The van der Waals surface area contributed by atoms with Crippen LogP contribution in [0.3, 0.4) is 0 Å². The first-order chi connectivity index (χ1) is 7.66. The van der Waals surface area contributed by atoms with Gasteiger partial charge in [0.25, 0.3) is 5.91 Å². The van der Waals surface area contributed by atoms with Gasteiger partial charge in [-0.3, -0.25) is 9.48 Å². The van der Waals surface area contributed by atoms with Crippen molar-refractivity contribution in [1.82, 2.24) is 15.1 Å². The molecule has 1 aromatic heterocycles. The molecule has 4 nitrogen and oxygen atoms in total. The van der Waals surface area contributed by atoms with E-state index < -0.39 is 0 Å². The fourth-order valence-corrected chi connectivity index (χ4v) is 2.08. The van der Waals surface area contributed by atoms with Gasteiger partial charge in [-0.2, -0.15) is 5.10 Å². The average Bonchev–Trinajstić information content (AvgIpc) is 2.86. The van der Waals surface area contributed by atoms with Gasteiger partial charge in [-0.15, -0.1) is 0 Å². The largest absolute Gasteiger partial charge is 0.348 e. The number of nitrogens with zero attached hydrogens (tertiary/aromatic N) is 2. The van der Waals surface area contributed by atoms with Crippen LogP contribution in [0.2, 0.25) is 0 Å². The number of amides is 1. The van der Waals surface area contributed by atoms with E-state index in [1.54, 1.807) is 6.07 Å². The Morgan fingerprint density at radius 1 is 1.50 bits per heavy atom. The minimum atomic E-state index is -0.0358. The topological polar surface area (TPSA) is 46.9 Å². The molecule has 0 aliphatic heterocycles. The lowest BCUT2D eigenvalue weighted by molar-refractivity contribution is 0.0932. The molecular weight excluding hydrogens is 202 g/mol. The summed E-state index contributed by atoms with van der Waals surface area (Å²) < 4.78 is 1.81. The second-order valence-electron chi connectivity index (χ2n) is 4.73. The van der Waals surface area contributed by atoms with Crippen LogP contribution >= 0.6 is 0 Å². The highest BCUT2D eigenvalue weighted by atomic mass is 16.2. The molecule has 1 amide bonds. The van der Waals surface area contributed by atoms with E-state index in [4.69, 9.17) is 0 Å². The van der Waals surface area contributed by atoms with Gasteiger partial charge in [0.15, 0.2) is 0 Å². The van der Waals surface area contributed by atoms with Crippen molar-refractivity contribution in [2.24, 2.45) is 0 Å². The summed E-state index contributed by atoms with van der Waals surface area (Å²) in [6, 6.07) is 2.44. The van der Waals surface area contributed by atoms with Crippen LogP contribution in [0.5, 0.6) is 0 Å². The molecule has 1 aliphatic carbocycles. The van der Waals surface area contributed by atoms with E-state index in [1.165, 1.54) is 12.8 Å². The van der Waals surface area contributed by atoms with Crippen LogP contribution in [0, 0.1) is 0 Å². The molecule has 1 aliphatic rings. The molecule has 1 aromatic rings. The lowest BCUT2D eigenvalue weighted by Crippen LogP contribution is -2.32. The summed E-state index contributed by atoms with van der Waals surface area (Å²) in [5, 5.41) is 7.29. The fraction of sp³-hybridized carbons (Fsp3) is 0.667. The number of hydrogen-bond acceptors (Lipinski definition) is 2. The third-order valence-corrected chi connectivity index (χ3v) is 3.06. The minimum Gasteiger partial charge on any atom is -0.348 e. The minimum absolute atomic E-state index is 0.0358. The zero-order valence-electron chi connectivity index (χ0n) is 9.94. The molecule has 0 bridgehead atoms. The van der Waals surface area contributed by atoms with Gasteiger partial charge in [0.2, 0.25) is 0 Å². The molecule has 1 fully saturated rings. The van der Waals surface area contributed by atoms with Gasteiger partial charge in [-0.25, -0.2) is 0 Å². The zero-order chi connectivity index (χ0) is 11.5. The lowest BCUT2D eigenvalue weighted by Gasteiger charge is -2.10. The summed E-state index contributed by atoms with van der Waals surface area (Å²) in [6.45, 7) is 4.09. The van der Waals surface area contributed by atoms with Crippen LogP contribution in [-0.4, -0.2) is 21.7 Å². The van der Waals surface area contributed by atoms with Gasteiger partial charge in [0.1, 0.15) is 5.69 Å². The maximum absolute atomic E-state index is 11.8. The van der Waals surface area contributed by atoms with Gasteiger partial charge in [0.05, 0.1) is 0 Å². The first-order valence-electron chi connectivity index (χ1n) is 6.03. The normalized spacial score (nSPS) is 16.9. The summed E-state index contributed by atoms with van der Waals surface area (Å²) >= 11 is 0. The number of carbonyl (C=O) groups excluding carboxylic acids is 1. The van der Waals surface area contributed by atoms with Gasteiger partial charge >= 0.3 is 0 Å². The molecule has 0 atom stereocenters. The molecule has 0 unspecified atom stereocenters. The molecule has 16 heavy (non-hydrogen) atoms. The summed E-state index contributed by atoms with van der Waals surface area (Å²) in [5.74, 6) is -0.0358. The smallest absolute Gasteiger partial charge is 0.271 e. The van der Waals surface area contributed by atoms with E-state index in [9.17, 15) is 4.79 Å². The Morgan fingerprint density at radius 3 is 2.75 bits per heavy atom. The van der Waals surface area contributed by atoms with Crippen molar-refractivity contribution in [1.29, 1.82) is 0 Å². The monoisotopic (exact) mass is 221 g/mol. The van der Waals surface area contributed by atoms with Crippen molar-refractivity contribution in [3.8, 4) is 0 Å². The number of nitrogens with one attached hydrogen (secondary N) is 1. The van der Waals surface area contributed by atoms with Gasteiger partial charge in [0, 0.05) is 18.3 Å². The van der Waals surface area contributed by atoms with Crippen molar-refractivity contribution in [2.75, 3.05) is 0 Å². The predicted molar refractivity (Wildman–Crippen MR) is 62.3 cm³/mol. The van der Waals surface area contributed by atoms with Crippen molar-refractivity contribution in [3.05, 3.63) is 18.0 Å². The molecule has 0 aromatic carbocycles. The number of rotatable bonds is 3. The second-order valence-corrected chi connectivity index (χ2v) is 4.73. The summed E-state index contributed by atoms with van der Waals surface area (Å²) in [7, 11) is 0. The number of hydrogen-bond donors (Lipinski definition) is 1. The summed E-state index contributed by atoms with van der Waals surface area (Å²) in [4.78, 5) is 11.8. The molecule has 1 N–H and O–H groups in total. The Labute approximate surface area is 96.0 Å². The molecule has 88 valence electrons. The maximum atomic E-state index is 11.8. The van der Waals surface area contributed by atoms with Crippen LogP contribution in [-0.2, 0) is 0 Å².